The van der Waals surface area contributed by atoms with Crippen LogP contribution in [0.15, 0.2) is 50.7 Å². The predicted molar refractivity (Wildman–Crippen MR) is 90.7 cm³/mol. The number of halogens is 1. The number of fused-ring (bicyclic) bond motifs is 2. The van der Waals surface area contributed by atoms with Gasteiger partial charge in [-0.3, -0.25) is 0 Å². The summed E-state index contributed by atoms with van der Waals surface area (Å²) in [5.41, 5.74) is 3.38. The number of allylic oxidation sites excluding steroid dienone is 1. The van der Waals surface area contributed by atoms with E-state index in [1.165, 1.54) is 9.79 Å². The van der Waals surface area contributed by atoms with Crippen molar-refractivity contribution in [3.05, 3.63) is 52.0 Å². The fourth-order valence-corrected chi connectivity index (χ4v) is 4.15. The molecule has 1 heterocycles. The van der Waals surface area contributed by atoms with E-state index in [1.54, 1.807) is 26.0 Å². The Labute approximate surface area is 137 Å². The lowest BCUT2D eigenvalue weighted by atomic mass is 9.95. The van der Waals surface area contributed by atoms with Crippen LogP contribution >= 0.6 is 27.7 Å². The summed E-state index contributed by atoms with van der Waals surface area (Å²) in [4.78, 5) is 2.40. The first kappa shape index (κ1) is 14.5. The van der Waals surface area contributed by atoms with Gasteiger partial charge in [0.25, 0.3) is 0 Å². The molecule has 0 bridgehead atoms. The quantitative estimate of drug-likeness (QED) is 0.612. The standard InChI is InChI=1S/C17H15BrO2S/c1-10(18)15-16-11(19-2)6-4-8-13(16)21-14-9-5-7-12(20-3)17(14)15/h4-9H,1-3H3. The molecule has 3 rings (SSSR count). The lowest BCUT2D eigenvalue weighted by Gasteiger charge is -2.26. The average Bonchev–Trinajstić information content (AvgIpc) is 2.50. The van der Waals surface area contributed by atoms with E-state index in [4.69, 9.17) is 9.47 Å². The van der Waals surface area contributed by atoms with Crippen LogP contribution in [0.5, 0.6) is 11.5 Å². The number of rotatable bonds is 2. The molecule has 0 atom stereocenters. The van der Waals surface area contributed by atoms with E-state index < -0.39 is 0 Å². The molecule has 1 aliphatic heterocycles. The SMILES string of the molecule is COc1cccc2c1C(=C(C)Br)c1c(OC)cccc1S2. The van der Waals surface area contributed by atoms with Gasteiger partial charge in [0, 0.05) is 31.0 Å². The predicted octanol–water partition coefficient (Wildman–Crippen LogP) is 5.34. The van der Waals surface area contributed by atoms with Crippen molar-refractivity contribution in [1.82, 2.24) is 0 Å². The van der Waals surface area contributed by atoms with Crippen LogP contribution in [-0.2, 0) is 0 Å². The van der Waals surface area contributed by atoms with Crippen molar-refractivity contribution in [3.8, 4) is 11.5 Å². The first-order valence-corrected chi connectivity index (χ1v) is 8.17. The second-order valence-electron chi connectivity index (χ2n) is 4.68. The van der Waals surface area contributed by atoms with Crippen LogP contribution in [0.3, 0.4) is 0 Å². The summed E-state index contributed by atoms with van der Waals surface area (Å²) in [7, 11) is 3.42. The second kappa shape index (κ2) is 5.78. The molecule has 4 heteroatoms. The molecular weight excluding hydrogens is 348 g/mol. The summed E-state index contributed by atoms with van der Waals surface area (Å²) >= 11 is 5.41. The van der Waals surface area contributed by atoms with E-state index in [1.807, 2.05) is 24.3 Å². The van der Waals surface area contributed by atoms with E-state index in [0.29, 0.717) is 0 Å². The van der Waals surface area contributed by atoms with Crippen LogP contribution in [0.2, 0.25) is 0 Å². The Morgan fingerprint density at radius 3 is 1.76 bits per heavy atom. The van der Waals surface area contributed by atoms with Crippen LogP contribution in [0.4, 0.5) is 0 Å². The highest BCUT2D eigenvalue weighted by molar-refractivity contribution is 9.11. The summed E-state index contributed by atoms with van der Waals surface area (Å²) < 4.78 is 12.2. The van der Waals surface area contributed by atoms with Crippen molar-refractivity contribution < 1.29 is 9.47 Å². The molecule has 0 spiro atoms. The molecule has 0 saturated heterocycles. The molecule has 0 amide bonds. The fraction of sp³-hybridized carbons (Fsp3) is 0.176. The van der Waals surface area contributed by atoms with E-state index >= 15 is 0 Å². The van der Waals surface area contributed by atoms with Crippen molar-refractivity contribution >= 4 is 33.3 Å². The molecule has 0 radical (unpaired) electrons. The third-order valence-electron chi connectivity index (χ3n) is 3.48. The average molecular weight is 363 g/mol. The van der Waals surface area contributed by atoms with Gasteiger partial charge in [-0.1, -0.05) is 39.8 Å². The van der Waals surface area contributed by atoms with Gasteiger partial charge in [0.1, 0.15) is 11.5 Å². The number of ether oxygens (including phenoxy) is 2. The zero-order chi connectivity index (χ0) is 15.0. The number of hydrogen-bond donors (Lipinski definition) is 0. The molecule has 21 heavy (non-hydrogen) atoms. The molecule has 0 unspecified atom stereocenters. The fourth-order valence-electron chi connectivity index (χ4n) is 2.61. The van der Waals surface area contributed by atoms with Gasteiger partial charge in [-0.15, -0.1) is 0 Å². The molecule has 108 valence electrons. The molecule has 2 aromatic rings. The van der Waals surface area contributed by atoms with Crippen molar-refractivity contribution in [2.24, 2.45) is 0 Å². The second-order valence-corrected chi connectivity index (χ2v) is 6.95. The Kier molecular flexibility index (Phi) is 4.00. The van der Waals surface area contributed by atoms with Crippen molar-refractivity contribution in [1.29, 1.82) is 0 Å². The zero-order valence-electron chi connectivity index (χ0n) is 12.1. The van der Waals surface area contributed by atoms with Crippen molar-refractivity contribution in [2.75, 3.05) is 14.2 Å². The van der Waals surface area contributed by atoms with Gasteiger partial charge in [-0.25, -0.2) is 0 Å². The van der Waals surface area contributed by atoms with Gasteiger partial charge >= 0.3 is 0 Å². The highest BCUT2D eigenvalue weighted by atomic mass is 79.9. The smallest absolute Gasteiger partial charge is 0.127 e. The maximum Gasteiger partial charge on any atom is 0.127 e. The highest BCUT2D eigenvalue weighted by Crippen LogP contribution is 2.52. The van der Waals surface area contributed by atoms with E-state index in [-0.39, 0.29) is 0 Å². The minimum atomic E-state index is 0.880. The lowest BCUT2D eigenvalue weighted by molar-refractivity contribution is 0.409. The first-order valence-electron chi connectivity index (χ1n) is 6.56. The molecule has 1 aliphatic rings. The third kappa shape index (κ3) is 2.36. The Morgan fingerprint density at radius 1 is 0.905 bits per heavy atom. The summed E-state index contributed by atoms with van der Waals surface area (Å²) in [5, 5.41) is 0. The van der Waals surface area contributed by atoms with Crippen LogP contribution in [0.25, 0.3) is 5.57 Å². The molecule has 0 saturated carbocycles. The Hall–Kier alpha value is -1.39. The zero-order valence-corrected chi connectivity index (χ0v) is 14.5. The van der Waals surface area contributed by atoms with Crippen LogP contribution in [0, 0.1) is 0 Å². The first-order chi connectivity index (χ1) is 10.2. The van der Waals surface area contributed by atoms with Crippen LogP contribution < -0.4 is 9.47 Å². The van der Waals surface area contributed by atoms with E-state index in [9.17, 15) is 0 Å². The maximum absolute atomic E-state index is 5.57. The Bertz CT molecular complexity index is 678. The number of methoxy groups -OCH3 is 2. The molecule has 2 aromatic carbocycles. The van der Waals surface area contributed by atoms with Gasteiger partial charge < -0.3 is 9.47 Å². The summed E-state index contributed by atoms with van der Waals surface area (Å²) in [6.45, 7) is 2.05. The van der Waals surface area contributed by atoms with Gasteiger partial charge in [0.05, 0.1) is 14.2 Å². The summed E-state index contributed by atoms with van der Waals surface area (Å²) in [5.74, 6) is 1.76. The van der Waals surface area contributed by atoms with Gasteiger partial charge in [-0.2, -0.15) is 0 Å². The molecule has 0 fully saturated rings. The van der Waals surface area contributed by atoms with Gasteiger partial charge in [-0.05, 0) is 31.2 Å². The third-order valence-corrected chi connectivity index (χ3v) is 5.00. The van der Waals surface area contributed by atoms with E-state index in [2.05, 4.69) is 35.0 Å². The van der Waals surface area contributed by atoms with Crippen molar-refractivity contribution in [2.45, 2.75) is 16.7 Å². The molecule has 2 nitrogen and oxygen atoms in total. The van der Waals surface area contributed by atoms with Crippen LogP contribution in [-0.4, -0.2) is 14.2 Å². The van der Waals surface area contributed by atoms with E-state index in [0.717, 1.165) is 32.7 Å². The minimum absolute atomic E-state index is 0.880. The molecule has 0 N–H and O–H groups in total. The molecular formula is C17H15BrO2S. The van der Waals surface area contributed by atoms with Crippen LogP contribution in [0.1, 0.15) is 18.1 Å². The Balaban J connectivity index is 2.37. The summed E-state index contributed by atoms with van der Waals surface area (Å²) in [6.07, 6.45) is 0. The topological polar surface area (TPSA) is 18.5 Å². The highest BCUT2D eigenvalue weighted by Gasteiger charge is 2.28. The molecule has 0 aliphatic carbocycles. The normalized spacial score (nSPS) is 12.5. The van der Waals surface area contributed by atoms with Crippen molar-refractivity contribution in [3.63, 3.8) is 0 Å². The Morgan fingerprint density at radius 2 is 1.38 bits per heavy atom. The number of hydrogen-bond acceptors (Lipinski definition) is 3. The van der Waals surface area contributed by atoms with Gasteiger partial charge in [0.15, 0.2) is 0 Å². The number of benzene rings is 2. The monoisotopic (exact) mass is 362 g/mol. The minimum Gasteiger partial charge on any atom is -0.496 e. The summed E-state index contributed by atoms with van der Waals surface area (Å²) in [6, 6.07) is 12.3. The largest absolute Gasteiger partial charge is 0.496 e. The lowest BCUT2D eigenvalue weighted by Crippen LogP contribution is -2.04. The molecule has 0 aromatic heterocycles. The van der Waals surface area contributed by atoms with Gasteiger partial charge in [0.2, 0.25) is 0 Å². The maximum atomic E-state index is 5.57.